The molecule has 2 aromatic heterocycles. The maximum Gasteiger partial charge on any atom is 0.232 e. The first-order valence-corrected chi connectivity index (χ1v) is 10.8. The van der Waals surface area contributed by atoms with Gasteiger partial charge in [0.05, 0.1) is 43.0 Å². The van der Waals surface area contributed by atoms with Crippen molar-refractivity contribution in [3.63, 3.8) is 0 Å². The molecule has 0 spiro atoms. The number of aliphatic hydroxyl groups is 1. The predicted octanol–water partition coefficient (Wildman–Crippen LogP) is 2.13. The van der Waals surface area contributed by atoms with E-state index < -0.39 is 12.4 Å². The van der Waals surface area contributed by atoms with Crippen molar-refractivity contribution in [2.45, 2.75) is 58.5 Å². The Hall–Kier alpha value is -2.20. The van der Waals surface area contributed by atoms with E-state index in [9.17, 15) is 5.11 Å². The molecule has 2 aromatic rings. The van der Waals surface area contributed by atoms with Crippen LogP contribution in [0.4, 0.5) is 0 Å². The smallest absolute Gasteiger partial charge is 0.232 e. The van der Waals surface area contributed by atoms with E-state index >= 15 is 0 Å². The van der Waals surface area contributed by atoms with Crippen LogP contribution in [0.5, 0.6) is 5.88 Å². The minimum absolute atomic E-state index is 0.161. The van der Waals surface area contributed by atoms with E-state index in [0.717, 1.165) is 23.6 Å². The number of morpholine rings is 1. The fourth-order valence-corrected chi connectivity index (χ4v) is 3.14. The van der Waals surface area contributed by atoms with Crippen LogP contribution < -0.4 is 4.74 Å². The van der Waals surface area contributed by atoms with Gasteiger partial charge in [0.1, 0.15) is 12.7 Å². The van der Waals surface area contributed by atoms with Crippen LogP contribution in [-0.2, 0) is 16.0 Å². The molecule has 0 radical (unpaired) electrons. The summed E-state index contributed by atoms with van der Waals surface area (Å²) in [7, 11) is 0. The summed E-state index contributed by atoms with van der Waals surface area (Å²) in [6.07, 6.45) is 5.91. The van der Waals surface area contributed by atoms with Crippen LogP contribution in [0.3, 0.4) is 0 Å². The molecule has 0 aliphatic carbocycles. The Bertz CT molecular complexity index is 820. The predicted molar refractivity (Wildman–Crippen MR) is 115 cm³/mol. The number of hydrogen-bond acceptors (Lipinski definition) is 9. The van der Waals surface area contributed by atoms with Gasteiger partial charge in [-0.15, -0.1) is 0 Å². The van der Waals surface area contributed by atoms with Crippen molar-refractivity contribution in [3.8, 4) is 5.88 Å². The normalized spacial score (nSPS) is 18.5. The summed E-state index contributed by atoms with van der Waals surface area (Å²) < 4.78 is 17.4. The average molecular weight is 432 g/mol. The highest BCUT2D eigenvalue weighted by Gasteiger charge is 2.25. The fourth-order valence-electron chi connectivity index (χ4n) is 3.14. The van der Waals surface area contributed by atoms with Gasteiger partial charge in [0.2, 0.25) is 5.88 Å². The summed E-state index contributed by atoms with van der Waals surface area (Å²) in [4.78, 5) is 19.8. The molecule has 0 aromatic carbocycles. The molecule has 1 saturated heterocycles. The van der Waals surface area contributed by atoms with Crippen molar-refractivity contribution >= 4 is 0 Å². The molecule has 2 atom stereocenters. The maximum atomic E-state index is 9.73. The van der Waals surface area contributed by atoms with Crippen molar-refractivity contribution in [3.05, 3.63) is 41.9 Å². The standard InChI is InChI=1S/C22H33N5O4/c1-15(2)19-8-23-7-17(25-19)11-27-5-6-29-22(12-27)31-18(13-28)14-30-21-10-24-9-20(26-21)16(3)4/h7-10,15-16,18,22,28H,5-6,11-14H2,1-4H3. The van der Waals surface area contributed by atoms with Gasteiger partial charge in [-0.3, -0.25) is 19.9 Å². The molecule has 0 saturated carbocycles. The third-order valence-electron chi connectivity index (χ3n) is 4.99. The minimum Gasteiger partial charge on any atom is -0.474 e. The van der Waals surface area contributed by atoms with E-state index in [2.05, 4.69) is 33.7 Å². The first-order chi connectivity index (χ1) is 14.9. The quantitative estimate of drug-likeness (QED) is 0.606. The zero-order chi connectivity index (χ0) is 22.2. The van der Waals surface area contributed by atoms with E-state index in [0.29, 0.717) is 31.5 Å². The van der Waals surface area contributed by atoms with Gasteiger partial charge >= 0.3 is 0 Å². The van der Waals surface area contributed by atoms with Crippen molar-refractivity contribution in [2.24, 2.45) is 0 Å². The molecule has 1 aliphatic rings. The second-order valence-electron chi connectivity index (χ2n) is 8.31. The zero-order valence-corrected chi connectivity index (χ0v) is 18.8. The Morgan fingerprint density at radius 1 is 1.06 bits per heavy atom. The monoisotopic (exact) mass is 431 g/mol. The molecular formula is C22H33N5O4. The largest absolute Gasteiger partial charge is 0.474 e. The summed E-state index contributed by atoms with van der Waals surface area (Å²) in [5.74, 6) is 1.01. The Balaban J connectivity index is 1.51. The topological polar surface area (TPSA) is 103 Å². The van der Waals surface area contributed by atoms with Gasteiger partial charge < -0.3 is 19.3 Å². The maximum absolute atomic E-state index is 9.73. The molecule has 9 nitrogen and oxygen atoms in total. The lowest BCUT2D eigenvalue weighted by atomic mass is 10.1. The summed E-state index contributed by atoms with van der Waals surface area (Å²) in [6.45, 7) is 10.9. The van der Waals surface area contributed by atoms with Crippen LogP contribution in [-0.4, -0.2) is 75.2 Å². The Kier molecular flexibility index (Phi) is 8.65. The SMILES string of the molecule is CC(C)c1cncc(CN2CCOC(OC(CO)COc3cncc(C(C)C)n3)C2)n1. The van der Waals surface area contributed by atoms with Gasteiger partial charge in [0.15, 0.2) is 6.29 Å². The minimum atomic E-state index is -0.529. The number of aromatic nitrogens is 4. The number of rotatable bonds is 10. The second-order valence-corrected chi connectivity index (χ2v) is 8.31. The summed E-state index contributed by atoms with van der Waals surface area (Å²) in [5, 5.41) is 9.73. The third kappa shape index (κ3) is 7.17. The van der Waals surface area contributed by atoms with Gasteiger partial charge in [-0.2, -0.15) is 0 Å². The molecule has 9 heteroatoms. The number of aliphatic hydroxyl groups excluding tert-OH is 1. The van der Waals surface area contributed by atoms with Crippen LogP contribution in [0.15, 0.2) is 24.8 Å². The molecule has 3 rings (SSSR count). The molecule has 1 fully saturated rings. The lowest BCUT2D eigenvalue weighted by Gasteiger charge is -2.34. The fraction of sp³-hybridized carbons (Fsp3) is 0.636. The van der Waals surface area contributed by atoms with Gasteiger partial charge in [0.25, 0.3) is 0 Å². The molecular weight excluding hydrogens is 398 g/mol. The summed E-state index contributed by atoms with van der Waals surface area (Å²) >= 11 is 0. The van der Waals surface area contributed by atoms with Crippen molar-refractivity contribution in [2.75, 3.05) is 32.9 Å². The highest BCUT2D eigenvalue weighted by atomic mass is 16.7. The van der Waals surface area contributed by atoms with Gasteiger partial charge in [-0.05, 0) is 11.8 Å². The molecule has 3 heterocycles. The van der Waals surface area contributed by atoms with Crippen molar-refractivity contribution < 1.29 is 19.3 Å². The average Bonchev–Trinajstić information content (AvgIpc) is 2.77. The van der Waals surface area contributed by atoms with E-state index in [-0.39, 0.29) is 19.1 Å². The van der Waals surface area contributed by atoms with Gasteiger partial charge in [0, 0.05) is 31.7 Å². The van der Waals surface area contributed by atoms with Crippen LogP contribution in [0.25, 0.3) is 0 Å². The lowest BCUT2D eigenvalue weighted by Crippen LogP contribution is -2.46. The Morgan fingerprint density at radius 2 is 1.77 bits per heavy atom. The molecule has 1 aliphatic heterocycles. The van der Waals surface area contributed by atoms with Crippen LogP contribution in [0.1, 0.15) is 56.6 Å². The number of nitrogens with zero attached hydrogens (tertiary/aromatic N) is 5. The van der Waals surface area contributed by atoms with Crippen molar-refractivity contribution in [1.29, 1.82) is 0 Å². The molecule has 0 amide bonds. The molecule has 31 heavy (non-hydrogen) atoms. The highest BCUT2D eigenvalue weighted by molar-refractivity contribution is 5.11. The molecule has 1 N–H and O–H groups in total. The molecule has 0 bridgehead atoms. The first kappa shape index (κ1) is 23.5. The number of hydrogen-bond donors (Lipinski definition) is 1. The first-order valence-electron chi connectivity index (χ1n) is 10.8. The van der Waals surface area contributed by atoms with Gasteiger partial charge in [-0.1, -0.05) is 27.7 Å². The van der Waals surface area contributed by atoms with Crippen LogP contribution in [0.2, 0.25) is 0 Å². The Labute approximate surface area is 183 Å². The lowest BCUT2D eigenvalue weighted by molar-refractivity contribution is -0.213. The third-order valence-corrected chi connectivity index (χ3v) is 4.99. The van der Waals surface area contributed by atoms with E-state index in [4.69, 9.17) is 19.2 Å². The van der Waals surface area contributed by atoms with Crippen LogP contribution >= 0.6 is 0 Å². The van der Waals surface area contributed by atoms with E-state index in [1.54, 1.807) is 18.6 Å². The molecule has 2 unspecified atom stereocenters. The summed E-state index contributed by atoms with van der Waals surface area (Å²) in [6, 6.07) is 0. The molecule has 170 valence electrons. The summed E-state index contributed by atoms with van der Waals surface area (Å²) in [5.41, 5.74) is 2.77. The van der Waals surface area contributed by atoms with Crippen LogP contribution in [0, 0.1) is 0 Å². The van der Waals surface area contributed by atoms with Gasteiger partial charge in [-0.25, -0.2) is 4.98 Å². The Morgan fingerprint density at radius 3 is 2.48 bits per heavy atom. The zero-order valence-electron chi connectivity index (χ0n) is 18.8. The number of ether oxygens (including phenoxy) is 3. The van der Waals surface area contributed by atoms with E-state index in [1.165, 1.54) is 0 Å². The van der Waals surface area contributed by atoms with Crippen molar-refractivity contribution in [1.82, 2.24) is 24.8 Å². The van der Waals surface area contributed by atoms with E-state index in [1.807, 2.05) is 20.0 Å². The highest BCUT2D eigenvalue weighted by Crippen LogP contribution is 2.16. The second kappa shape index (κ2) is 11.4.